The Bertz CT molecular complexity index is 1660. The number of nitrogens with zero attached hydrogens (tertiary/aromatic N) is 1. The Balaban J connectivity index is 0.000000280. The predicted octanol–water partition coefficient (Wildman–Crippen LogP) is 7.06. The van der Waals surface area contributed by atoms with Crippen LogP contribution in [-0.4, -0.2) is 55.5 Å². The van der Waals surface area contributed by atoms with Crippen LogP contribution >= 0.6 is 0 Å². The molecule has 0 aliphatic heterocycles. The van der Waals surface area contributed by atoms with Gasteiger partial charge in [0.2, 0.25) is 6.08 Å². The molecule has 4 aromatic carbocycles. The molecule has 0 unspecified atom stereocenters. The SMILES string of the molecule is C=C(C)C(=O)OCCN=C=O.C=C(C)C(=O)OCCNC(=O)Oc1ccc(-c2ccccc2)cc1.Oc1ccc(-c2ccccc2)cc1. The Morgan fingerprint density at radius 1 is 0.688 bits per heavy atom. The molecule has 1 amide bonds. The van der Waals surface area contributed by atoms with Crippen molar-refractivity contribution in [2.24, 2.45) is 4.99 Å². The summed E-state index contributed by atoms with van der Waals surface area (Å²) in [5.41, 5.74) is 5.07. The summed E-state index contributed by atoms with van der Waals surface area (Å²) in [4.78, 5) is 46.2. The van der Waals surface area contributed by atoms with Crippen LogP contribution in [0, 0.1) is 0 Å². The van der Waals surface area contributed by atoms with E-state index in [0.29, 0.717) is 22.6 Å². The number of aromatic hydroxyl groups is 1. The van der Waals surface area contributed by atoms with Gasteiger partial charge in [-0.3, -0.25) is 0 Å². The van der Waals surface area contributed by atoms with Crippen molar-refractivity contribution in [2.75, 3.05) is 26.3 Å². The van der Waals surface area contributed by atoms with Crippen LogP contribution in [0.3, 0.4) is 0 Å². The Hall–Kier alpha value is -6.25. The number of benzene rings is 4. The first-order valence-electron chi connectivity index (χ1n) is 14.7. The van der Waals surface area contributed by atoms with E-state index >= 15 is 0 Å². The standard InChI is InChI=1S/C19H19NO4.C12H10O.C7H9NO3/c1-14(2)18(21)23-13-12-20-19(22)24-17-10-8-16(9-11-17)15-6-4-3-5-7-15;13-12-8-6-11(7-9-12)10-4-2-1-3-5-10;1-6(2)7(10)11-4-3-8-5-9/h3-11H,1,12-13H2,2H3,(H,20,22);1-9,13H;1,3-4H2,2H3. The maximum absolute atomic E-state index is 11.7. The molecule has 0 radical (unpaired) electrons. The van der Waals surface area contributed by atoms with E-state index in [2.05, 4.69) is 28.2 Å². The smallest absolute Gasteiger partial charge is 0.412 e. The van der Waals surface area contributed by atoms with Crippen molar-refractivity contribution < 1.29 is 38.5 Å². The lowest BCUT2D eigenvalue weighted by Gasteiger charge is -2.08. The lowest BCUT2D eigenvalue weighted by Crippen LogP contribution is -2.30. The van der Waals surface area contributed by atoms with E-state index in [1.165, 1.54) is 11.6 Å². The second-order valence-corrected chi connectivity index (χ2v) is 9.93. The van der Waals surface area contributed by atoms with Crippen LogP contribution in [0.1, 0.15) is 13.8 Å². The number of hydrogen-bond donors (Lipinski definition) is 2. The minimum atomic E-state index is -0.603. The van der Waals surface area contributed by atoms with Crippen molar-refractivity contribution in [1.29, 1.82) is 0 Å². The molecule has 0 saturated carbocycles. The van der Waals surface area contributed by atoms with Crippen LogP contribution in [-0.2, 0) is 23.9 Å². The number of isocyanates is 1. The fourth-order valence-corrected chi connectivity index (χ4v) is 3.55. The van der Waals surface area contributed by atoms with E-state index in [9.17, 15) is 19.2 Å². The van der Waals surface area contributed by atoms with Crippen molar-refractivity contribution in [3.8, 4) is 33.8 Å². The minimum absolute atomic E-state index is 0.0632. The zero-order valence-electron chi connectivity index (χ0n) is 26.9. The second-order valence-electron chi connectivity index (χ2n) is 9.93. The van der Waals surface area contributed by atoms with Crippen molar-refractivity contribution in [3.63, 3.8) is 0 Å². The van der Waals surface area contributed by atoms with Crippen LogP contribution in [0.2, 0.25) is 0 Å². The maximum Gasteiger partial charge on any atom is 0.412 e. The number of aliphatic imine (C=N–C) groups is 1. The average molecular weight is 651 g/mol. The molecular weight excluding hydrogens is 612 g/mol. The van der Waals surface area contributed by atoms with Gasteiger partial charge in [-0.25, -0.2) is 24.2 Å². The Morgan fingerprint density at radius 3 is 1.58 bits per heavy atom. The number of esters is 2. The van der Waals surface area contributed by atoms with Gasteiger partial charge in [-0.05, 0) is 60.4 Å². The molecular formula is C38H38N2O8. The Kier molecular flexibility index (Phi) is 17.0. The summed E-state index contributed by atoms with van der Waals surface area (Å²) in [6, 6.07) is 34.4. The molecule has 4 rings (SSSR count). The summed E-state index contributed by atoms with van der Waals surface area (Å²) in [6.45, 7) is 10.4. The van der Waals surface area contributed by atoms with Gasteiger partial charge in [0.25, 0.3) is 0 Å². The summed E-state index contributed by atoms with van der Waals surface area (Å²) in [7, 11) is 0. The highest BCUT2D eigenvalue weighted by Crippen LogP contribution is 2.22. The second kappa shape index (κ2) is 21.5. The van der Waals surface area contributed by atoms with Gasteiger partial charge in [0, 0.05) is 11.1 Å². The third-order valence-corrected chi connectivity index (χ3v) is 5.95. The Morgan fingerprint density at radius 2 is 1.12 bits per heavy atom. The van der Waals surface area contributed by atoms with E-state index in [1.54, 1.807) is 38.1 Å². The molecule has 0 fully saturated rings. The van der Waals surface area contributed by atoms with Crippen molar-refractivity contribution in [1.82, 2.24) is 5.32 Å². The molecule has 0 heterocycles. The van der Waals surface area contributed by atoms with Crippen molar-refractivity contribution in [2.45, 2.75) is 13.8 Å². The van der Waals surface area contributed by atoms with Crippen LogP contribution in [0.15, 0.2) is 138 Å². The van der Waals surface area contributed by atoms with Gasteiger partial charge in [0.1, 0.15) is 24.7 Å². The number of rotatable bonds is 11. The van der Waals surface area contributed by atoms with Gasteiger partial charge < -0.3 is 24.6 Å². The highest BCUT2D eigenvalue weighted by Gasteiger charge is 2.06. The van der Waals surface area contributed by atoms with Crippen LogP contribution in [0.4, 0.5) is 4.79 Å². The minimum Gasteiger partial charge on any atom is -0.508 e. The molecule has 2 N–H and O–H groups in total. The number of carbonyl (C=O) groups excluding carboxylic acids is 4. The molecule has 0 aliphatic carbocycles. The number of amides is 1. The van der Waals surface area contributed by atoms with Crippen LogP contribution in [0.5, 0.6) is 11.5 Å². The topological polar surface area (TPSA) is 141 Å². The van der Waals surface area contributed by atoms with Crippen LogP contribution in [0.25, 0.3) is 22.3 Å². The van der Waals surface area contributed by atoms with E-state index < -0.39 is 18.0 Å². The molecule has 48 heavy (non-hydrogen) atoms. The first-order valence-corrected chi connectivity index (χ1v) is 14.7. The largest absolute Gasteiger partial charge is 0.508 e. The van der Waals surface area contributed by atoms with Gasteiger partial charge in [-0.2, -0.15) is 0 Å². The van der Waals surface area contributed by atoms with Gasteiger partial charge in [-0.1, -0.05) is 98.1 Å². The molecule has 0 aromatic heterocycles. The number of phenolic OH excluding ortho intramolecular Hbond substituents is 1. The molecule has 0 atom stereocenters. The molecule has 4 aromatic rings. The normalized spacial score (nSPS) is 9.46. The van der Waals surface area contributed by atoms with E-state index in [-0.39, 0.29) is 26.3 Å². The zero-order valence-corrected chi connectivity index (χ0v) is 26.9. The maximum atomic E-state index is 11.7. The molecule has 0 aliphatic rings. The van der Waals surface area contributed by atoms with Gasteiger partial charge >= 0.3 is 18.0 Å². The monoisotopic (exact) mass is 650 g/mol. The zero-order chi connectivity index (χ0) is 35.1. The van der Waals surface area contributed by atoms with Gasteiger partial charge in [0.15, 0.2) is 0 Å². The highest BCUT2D eigenvalue weighted by atomic mass is 16.6. The lowest BCUT2D eigenvalue weighted by molar-refractivity contribution is -0.139. The molecule has 0 bridgehead atoms. The number of nitrogens with one attached hydrogen (secondary N) is 1. The molecule has 0 spiro atoms. The summed E-state index contributed by atoms with van der Waals surface area (Å²) >= 11 is 0. The van der Waals surface area contributed by atoms with E-state index in [4.69, 9.17) is 14.6 Å². The quantitative estimate of drug-likeness (QED) is 0.0578. The summed E-state index contributed by atoms with van der Waals surface area (Å²) in [6.07, 6.45) is 0.729. The third kappa shape index (κ3) is 15.2. The van der Waals surface area contributed by atoms with Crippen LogP contribution < -0.4 is 10.1 Å². The van der Waals surface area contributed by atoms with E-state index in [1.807, 2.05) is 84.9 Å². The van der Waals surface area contributed by atoms with Gasteiger partial charge in [0.05, 0.1) is 13.1 Å². The molecule has 248 valence electrons. The highest BCUT2D eigenvalue weighted by molar-refractivity contribution is 5.87. The summed E-state index contributed by atoms with van der Waals surface area (Å²) in [5.74, 6) is -0.210. The molecule has 10 heteroatoms. The van der Waals surface area contributed by atoms with Crippen molar-refractivity contribution >= 4 is 24.1 Å². The number of ether oxygens (including phenoxy) is 3. The lowest BCUT2D eigenvalue weighted by atomic mass is 10.1. The summed E-state index contributed by atoms with van der Waals surface area (Å²) < 4.78 is 14.6. The fraction of sp³-hybridized carbons (Fsp3) is 0.158. The average Bonchev–Trinajstić information content (AvgIpc) is 3.10. The fourth-order valence-electron chi connectivity index (χ4n) is 3.55. The summed E-state index contributed by atoms with van der Waals surface area (Å²) in [5, 5.41) is 11.6. The first-order chi connectivity index (χ1) is 23.1. The van der Waals surface area contributed by atoms with Crippen molar-refractivity contribution in [3.05, 3.63) is 133 Å². The number of carbonyl (C=O) groups is 3. The first kappa shape index (κ1) is 37.9. The Labute approximate surface area is 280 Å². The third-order valence-electron chi connectivity index (χ3n) is 5.95. The number of phenols is 1. The number of hydrogen-bond acceptors (Lipinski definition) is 9. The molecule has 10 nitrogen and oxygen atoms in total. The van der Waals surface area contributed by atoms with Gasteiger partial charge in [-0.15, -0.1) is 0 Å². The van der Waals surface area contributed by atoms with E-state index in [0.717, 1.165) is 16.7 Å². The molecule has 0 saturated heterocycles. The predicted molar refractivity (Wildman–Crippen MR) is 184 cm³/mol.